The highest BCUT2D eigenvalue weighted by Gasteiger charge is 2.29. The number of cyclic esters (lactones) is 2. The van der Waals surface area contributed by atoms with Gasteiger partial charge in [-0.1, -0.05) is 12.1 Å². The average molecular weight is 261 g/mol. The van der Waals surface area contributed by atoms with E-state index in [0.717, 1.165) is 0 Å². The van der Waals surface area contributed by atoms with E-state index in [4.69, 9.17) is 5.11 Å². The summed E-state index contributed by atoms with van der Waals surface area (Å²) < 4.78 is 4.44. The fourth-order valence-electron chi connectivity index (χ4n) is 1.71. The molecule has 1 aliphatic heterocycles. The summed E-state index contributed by atoms with van der Waals surface area (Å²) >= 11 is 0. The third kappa shape index (κ3) is 2.47. The minimum Gasteiger partial charge on any atom is -0.478 e. The molecule has 0 saturated carbocycles. The first-order valence-corrected chi connectivity index (χ1v) is 5.53. The van der Waals surface area contributed by atoms with Gasteiger partial charge in [-0.15, -0.1) is 0 Å². The van der Waals surface area contributed by atoms with Gasteiger partial charge in [-0.3, -0.25) is 0 Å². The fourth-order valence-corrected chi connectivity index (χ4v) is 1.71. The summed E-state index contributed by atoms with van der Waals surface area (Å²) in [6, 6.07) is 6.31. The highest BCUT2D eigenvalue weighted by molar-refractivity contribution is 6.12. The second-order valence-electron chi connectivity index (χ2n) is 3.98. The predicted molar refractivity (Wildman–Crippen MR) is 65.7 cm³/mol. The molecule has 1 aliphatic rings. The van der Waals surface area contributed by atoms with Gasteiger partial charge in [0.2, 0.25) is 0 Å². The van der Waals surface area contributed by atoms with Crippen molar-refractivity contribution in [3.05, 3.63) is 41.0 Å². The second-order valence-corrected chi connectivity index (χ2v) is 3.98. The van der Waals surface area contributed by atoms with Crippen LogP contribution in [0.4, 0.5) is 5.69 Å². The SMILES string of the molecule is CC1=C(CNc2ccccc2C(=O)O)C(=O)OC1=O. The van der Waals surface area contributed by atoms with Gasteiger partial charge in [-0.2, -0.15) is 0 Å². The minimum absolute atomic E-state index is 0.0424. The number of benzene rings is 1. The lowest BCUT2D eigenvalue weighted by Crippen LogP contribution is -2.13. The Morgan fingerprint density at radius 2 is 1.95 bits per heavy atom. The Morgan fingerprint density at radius 1 is 1.26 bits per heavy atom. The van der Waals surface area contributed by atoms with Crippen molar-refractivity contribution in [2.75, 3.05) is 11.9 Å². The van der Waals surface area contributed by atoms with Gasteiger partial charge in [0.15, 0.2) is 0 Å². The van der Waals surface area contributed by atoms with E-state index < -0.39 is 17.9 Å². The quantitative estimate of drug-likeness (QED) is 0.625. The Bertz CT molecular complexity index is 603. The van der Waals surface area contributed by atoms with Crippen molar-refractivity contribution in [1.29, 1.82) is 0 Å². The fraction of sp³-hybridized carbons (Fsp3) is 0.154. The lowest BCUT2D eigenvalue weighted by molar-refractivity contribution is -0.151. The molecule has 6 heteroatoms. The van der Waals surface area contributed by atoms with Gasteiger partial charge in [0, 0.05) is 17.8 Å². The third-order valence-electron chi connectivity index (χ3n) is 2.80. The van der Waals surface area contributed by atoms with E-state index in [1.54, 1.807) is 18.2 Å². The number of rotatable bonds is 4. The number of carbonyl (C=O) groups excluding carboxylic acids is 2. The standard InChI is InChI=1S/C13H11NO5/c1-7-9(13(18)19-12(7)17)6-14-10-5-3-2-4-8(10)11(15)16/h2-5,14H,6H2,1H3,(H,15,16). The molecule has 98 valence electrons. The summed E-state index contributed by atoms with van der Waals surface area (Å²) in [5, 5.41) is 11.8. The number of hydrogen-bond acceptors (Lipinski definition) is 5. The molecule has 0 saturated heterocycles. The second kappa shape index (κ2) is 4.93. The zero-order valence-corrected chi connectivity index (χ0v) is 10.1. The van der Waals surface area contributed by atoms with Crippen molar-refractivity contribution in [1.82, 2.24) is 0 Å². The Morgan fingerprint density at radius 3 is 2.53 bits per heavy atom. The summed E-state index contributed by atoms with van der Waals surface area (Å²) in [5.74, 6) is -2.42. The molecule has 0 aliphatic carbocycles. The van der Waals surface area contributed by atoms with Crippen LogP contribution in [0.1, 0.15) is 17.3 Å². The third-order valence-corrected chi connectivity index (χ3v) is 2.80. The molecule has 19 heavy (non-hydrogen) atoms. The largest absolute Gasteiger partial charge is 0.478 e. The summed E-state index contributed by atoms with van der Waals surface area (Å²) in [4.78, 5) is 33.5. The number of ether oxygens (including phenoxy) is 1. The van der Waals surface area contributed by atoms with Crippen molar-refractivity contribution in [2.24, 2.45) is 0 Å². The normalized spacial score (nSPS) is 14.6. The van der Waals surface area contributed by atoms with E-state index in [1.807, 2.05) is 0 Å². The van der Waals surface area contributed by atoms with Gasteiger partial charge in [0.25, 0.3) is 0 Å². The van der Waals surface area contributed by atoms with Crippen LogP contribution in [0.15, 0.2) is 35.4 Å². The van der Waals surface area contributed by atoms with Crippen LogP contribution < -0.4 is 5.32 Å². The summed E-state index contributed by atoms with van der Waals surface area (Å²) in [5.41, 5.74) is 0.927. The van der Waals surface area contributed by atoms with E-state index in [2.05, 4.69) is 10.1 Å². The Balaban J connectivity index is 2.18. The van der Waals surface area contributed by atoms with Crippen LogP contribution >= 0.6 is 0 Å². The molecule has 0 amide bonds. The molecule has 0 bridgehead atoms. The van der Waals surface area contributed by atoms with Gasteiger partial charge >= 0.3 is 17.9 Å². The van der Waals surface area contributed by atoms with Crippen molar-refractivity contribution in [3.63, 3.8) is 0 Å². The molecule has 2 rings (SSSR count). The smallest absolute Gasteiger partial charge is 0.344 e. The van der Waals surface area contributed by atoms with Gasteiger partial charge in [0.05, 0.1) is 11.1 Å². The molecule has 1 aromatic carbocycles. The molecular weight excluding hydrogens is 250 g/mol. The monoisotopic (exact) mass is 261 g/mol. The molecule has 0 aromatic heterocycles. The van der Waals surface area contributed by atoms with Crippen molar-refractivity contribution in [3.8, 4) is 0 Å². The van der Waals surface area contributed by atoms with Crippen LogP contribution in [0.3, 0.4) is 0 Å². The number of para-hydroxylation sites is 1. The molecule has 0 spiro atoms. The van der Waals surface area contributed by atoms with Crippen LogP contribution in [0.2, 0.25) is 0 Å². The van der Waals surface area contributed by atoms with Gasteiger partial charge in [-0.25, -0.2) is 14.4 Å². The van der Waals surface area contributed by atoms with Crippen LogP contribution in [0.25, 0.3) is 0 Å². The van der Waals surface area contributed by atoms with E-state index in [1.165, 1.54) is 13.0 Å². The number of carboxylic acid groups (broad SMARTS) is 1. The number of anilines is 1. The number of carboxylic acids is 1. The maximum absolute atomic E-state index is 11.4. The Hall–Kier alpha value is -2.63. The molecule has 6 nitrogen and oxygen atoms in total. The van der Waals surface area contributed by atoms with E-state index in [0.29, 0.717) is 5.69 Å². The number of nitrogens with one attached hydrogen (secondary N) is 1. The van der Waals surface area contributed by atoms with Crippen LogP contribution in [0.5, 0.6) is 0 Å². The maximum atomic E-state index is 11.4. The molecule has 0 atom stereocenters. The van der Waals surface area contributed by atoms with Crippen LogP contribution in [-0.2, 0) is 14.3 Å². The van der Waals surface area contributed by atoms with Crippen LogP contribution in [-0.4, -0.2) is 29.6 Å². The van der Waals surface area contributed by atoms with Crippen molar-refractivity contribution >= 4 is 23.6 Å². The maximum Gasteiger partial charge on any atom is 0.344 e. The summed E-state index contributed by atoms with van der Waals surface area (Å²) in [6.07, 6.45) is 0. The van der Waals surface area contributed by atoms with E-state index >= 15 is 0 Å². The highest BCUT2D eigenvalue weighted by Crippen LogP contribution is 2.20. The first-order valence-electron chi connectivity index (χ1n) is 5.53. The molecule has 0 fully saturated rings. The lowest BCUT2D eigenvalue weighted by Gasteiger charge is -2.08. The Labute approximate surface area is 108 Å². The molecule has 2 N–H and O–H groups in total. The zero-order chi connectivity index (χ0) is 14.0. The lowest BCUT2D eigenvalue weighted by atomic mass is 10.1. The van der Waals surface area contributed by atoms with Crippen LogP contribution in [0, 0.1) is 0 Å². The number of esters is 2. The van der Waals surface area contributed by atoms with Crippen molar-refractivity contribution in [2.45, 2.75) is 6.92 Å². The van der Waals surface area contributed by atoms with Crippen molar-refractivity contribution < 1.29 is 24.2 Å². The first kappa shape index (κ1) is 12.8. The summed E-state index contributed by atoms with van der Waals surface area (Å²) in [6.45, 7) is 1.54. The molecule has 0 unspecified atom stereocenters. The van der Waals surface area contributed by atoms with Gasteiger partial charge < -0.3 is 15.2 Å². The van der Waals surface area contributed by atoms with E-state index in [-0.39, 0.29) is 23.3 Å². The zero-order valence-electron chi connectivity index (χ0n) is 10.1. The van der Waals surface area contributed by atoms with Gasteiger partial charge in [0.1, 0.15) is 0 Å². The predicted octanol–water partition coefficient (Wildman–Crippen LogP) is 1.20. The first-order chi connectivity index (χ1) is 9.00. The van der Waals surface area contributed by atoms with Gasteiger partial charge in [-0.05, 0) is 19.1 Å². The molecular formula is C13H11NO5. The highest BCUT2D eigenvalue weighted by atomic mass is 16.6. The topological polar surface area (TPSA) is 92.7 Å². The average Bonchev–Trinajstić information content (AvgIpc) is 2.61. The number of hydrogen-bond donors (Lipinski definition) is 2. The molecule has 0 radical (unpaired) electrons. The Kier molecular flexibility index (Phi) is 3.33. The summed E-state index contributed by atoms with van der Waals surface area (Å²) in [7, 11) is 0. The molecule has 1 aromatic rings. The minimum atomic E-state index is -1.07. The number of aromatic carboxylic acids is 1. The number of carbonyl (C=O) groups is 3. The van der Waals surface area contributed by atoms with E-state index in [9.17, 15) is 14.4 Å². The molecule has 1 heterocycles.